The molecule has 5 rings (SSSR count). The summed E-state index contributed by atoms with van der Waals surface area (Å²) >= 11 is 0. The van der Waals surface area contributed by atoms with Crippen LogP contribution in [0.4, 0.5) is 0 Å². The van der Waals surface area contributed by atoms with E-state index >= 15 is 0 Å². The Morgan fingerprint density at radius 1 is 0.969 bits per heavy atom. The highest BCUT2D eigenvalue weighted by atomic mass is 16.1. The van der Waals surface area contributed by atoms with Gasteiger partial charge in [-0.2, -0.15) is 5.26 Å². The number of H-pyrrole nitrogens is 3. The van der Waals surface area contributed by atoms with Crippen LogP contribution in [0.3, 0.4) is 0 Å². The van der Waals surface area contributed by atoms with Crippen LogP contribution in [0.15, 0.2) is 53.3 Å². The maximum Gasteiger partial charge on any atom is 0.331 e. The highest BCUT2D eigenvalue weighted by Crippen LogP contribution is 2.35. The van der Waals surface area contributed by atoms with Crippen molar-refractivity contribution in [2.24, 2.45) is 5.73 Å². The zero-order valence-corrected chi connectivity index (χ0v) is 17.8. The maximum absolute atomic E-state index is 13.2. The molecular weight excluding hydrogens is 400 g/mol. The van der Waals surface area contributed by atoms with Crippen molar-refractivity contribution in [1.29, 1.82) is 5.26 Å². The van der Waals surface area contributed by atoms with E-state index in [1.54, 1.807) is 0 Å². The summed E-state index contributed by atoms with van der Waals surface area (Å²) in [6.07, 6.45) is 2.61. The third-order valence-electron chi connectivity index (χ3n) is 6.00. The smallest absolute Gasteiger partial charge is 0.331 e. The monoisotopic (exact) mass is 424 g/mol. The van der Waals surface area contributed by atoms with Gasteiger partial charge in [0.2, 0.25) is 0 Å². The summed E-state index contributed by atoms with van der Waals surface area (Å²) in [6, 6.07) is 18.1. The van der Waals surface area contributed by atoms with Gasteiger partial charge in [-0.25, -0.2) is 9.36 Å². The van der Waals surface area contributed by atoms with E-state index in [1.807, 2.05) is 55.5 Å². The van der Waals surface area contributed by atoms with Crippen LogP contribution in [0.2, 0.25) is 0 Å². The van der Waals surface area contributed by atoms with Crippen molar-refractivity contribution < 1.29 is 0 Å². The van der Waals surface area contributed by atoms with Crippen molar-refractivity contribution in [2.45, 2.75) is 26.2 Å². The Kier molecular flexibility index (Phi) is 4.92. The number of rotatable bonds is 6. The quantitative estimate of drug-likeness (QED) is 0.305. The minimum atomic E-state index is -0.331. The second-order valence-corrected chi connectivity index (χ2v) is 8.02. The molecule has 7 nitrogen and oxygen atoms in total. The molecule has 0 aliphatic heterocycles. The second-order valence-electron chi connectivity index (χ2n) is 8.02. The Morgan fingerprint density at radius 2 is 1.66 bits per heavy atom. The molecule has 0 saturated heterocycles. The second kappa shape index (κ2) is 7.91. The van der Waals surface area contributed by atoms with E-state index in [0.29, 0.717) is 23.6 Å². The zero-order chi connectivity index (χ0) is 22.2. The van der Waals surface area contributed by atoms with Gasteiger partial charge in [0.25, 0.3) is 0 Å². The fourth-order valence-corrected chi connectivity index (χ4v) is 4.60. The number of aromatic amines is 3. The van der Waals surface area contributed by atoms with Crippen LogP contribution < -0.4 is 11.4 Å². The van der Waals surface area contributed by atoms with Gasteiger partial charge in [-0.05, 0) is 44.9 Å². The predicted molar refractivity (Wildman–Crippen MR) is 127 cm³/mol. The molecule has 160 valence electrons. The first-order valence-corrected chi connectivity index (χ1v) is 10.8. The first-order valence-electron chi connectivity index (χ1n) is 10.8. The van der Waals surface area contributed by atoms with Crippen LogP contribution in [0.5, 0.6) is 0 Å². The van der Waals surface area contributed by atoms with Crippen molar-refractivity contribution in [3.05, 3.63) is 76.1 Å². The maximum atomic E-state index is 13.2. The molecule has 2 aromatic carbocycles. The van der Waals surface area contributed by atoms with Crippen molar-refractivity contribution in [1.82, 2.24) is 19.5 Å². The summed E-state index contributed by atoms with van der Waals surface area (Å²) in [6.45, 7) is 2.55. The van der Waals surface area contributed by atoms with E-state index in [0.717, 1.165) is 58.0 Å². The molecule has 0 atom stereocenters. The van der Waals surface area contributed by atoms with Crippen LogP contribution in [-0.2, 0) is 6.42 Å². The normalized spacial score (nSPS) is 11.4. The van der Waals surface area contributed by atoms with Gasteiger partial charge in [-0.1, -0.05) is 36.4 Å². The Labute approximate surface area is 184 Å². The Bertz CT molecular complexity index is 1540. The molecule has 0 fully saturated rings. The average Bonchev–Trinajstić information content (AvgIpc) is 3.43. The Morgan fingerprint density at radius 3 is 2.38 bits per heavy atom. The molecule has 3 aromatic heterocycles. The molecule has 0 aliphatic rings. The molecule has 3 heterocycles. The van der Waals surface area contributed by atoms with E-state index in [9.17, 15) is 10.1 Å². The van der Waals surface area contributed by atoms with E-state index in [1.165, 1.54) is 4.57 Å². The first-order chi connectivity index (χ1) is 15.6. The Hall–Kier alpha value is -4.02. The lowest BCUT2D eigenvalue weighted by Crippen LogP contribution is -2.16. The minimum Gasteiger partial charge on any atom is -0.358 e. The molecule has 0 unspecified atom stereocenters. The molecule has 5 N–H and O–H groups in total. The lowest BCUT2D eigenvalue weighted by Gasteiger charge is -2.06. The van der Waals surface area contributed by atoms with Gasteiger partial charge < -0.3 is 20.7 Å². The number of aryl methyl sites for hydroxylation is 2. The third-order valence-corrected chi connectivity index (χ3v) is 6.00. The highest BCUT2D eigenvalue weighted by Gasteiger charge is 2.24. The molecule has 5 aromatic rings. The van der Waals surface area contributed by atoms with Gasteiger partial charge in [0.05, 0.1) is 11.4 Å². The topological polar surface area (TPSA) is 119 Å². The number of hydrogen-bond donors (Lipinski definition) is 4. The number of nitrogens with two attached hydrogens (primary N) is 1. The summed E-state index contributed by atoms with van der Waals surface area (Å²) in [5, 5.41) is 12.1. The number of fused-ring (bicyclic) bond motifs is 2. The van der Waals surface area contributed by atoms with E-state index in [2.05, 4.69) is 21.0 Å². The SMILES string of the molecule is Cc1[nH]c2ccccc2c1-n1c(C#N)c(-c2c(CCCCN)[nH]c3ccccc23)[nH]c1=O. The van der Waals surface area contributed by atoms with Crippen LogP contribution in [0.1, 0.15) is 29.9 Å². The molecule has 0 radical (unpaired) electrons. The Balaban J connectivity index is 1.78. The molecule has 0 amide bonds. The van der Waals surface area contributed by atoms with Gasteiger partial charge in [0, 0.05) is 38.8 Å². The van der Waals surface area contributed by atoms with Gasteiger partial charge in [0.15, 0.2) is 5.69 Å². The molecule has 0 bridgehead atoms. The predicted octanol–water partition coefficient (Wildman–Crippen LogP) is 4.26. The molecule has 7 heteroatoms. The summed E-state index contributed by atoms with van der Waals surface area (Å²) in [4.78, 5) is 23.0. The lowest BCUT2D eigenvalue weighted by atomic mass is 10.0. The average molecular weight is 425 g/mol. The van der Waals surface area contributed by atoms with Crippen LogP contribution >= 0.6 is 0 Å². The minimum absolute atomic E-state index is 0.299. The molecule has 0 spiro atoms. The van der Waals surface area contributed by atoms with Gasteiger partial charge in [0.1, 0.15) is 6.07 Å². The number of nitriles is 1. The van der Waals surface area contributed by atoms with Crippen molar-refractivity contribution in [3.63, 3.8) is 0 Å². The number of imidazole rings is 1. The number of hydrogen-bond acceptors (Lipinski definition) is 3. The van der Waals surface area contributed by atoms with Crippen molar-refractivity contribution >= 4 is 21.8 Å². The number of para-hydroxylation sites is 2. The number of unbranched alkanes of at least 4 members (excludes halogenated alkanes) is 1. The summed E-state index contributed by atoms with van der Waals surface area (Å²) in [5.74, 6) is 0. The van der Waals surface area contributed by atoms with Crippen LogP contribution in [0, 0.1) is 18.3 Å². The third kappa shape index (κ3) is 3.04. The number of nitrogens with zero attached hydrogens (tertiary/aromatic N) is 2. The molecular formula is C25H24N6O. The van der Waals surface area contributed by atoms with Gasteiger partial charge >= 0.3 is 5.69 Å². The number of nitrogens with one attached hydrogen (secondary N) is 3. The summed E-state index contributed by atoms with van der Waals surface area (Å²) < 4.78 is 1.49. The summed E-state index contributed by atoms with van der Waals surface area (Å²) in [7, 11) is 0. The van der Waals surface area contributed by atoms with Crippen molar-refractivity contribution in [2.75, 3.05) is 6.54 Å². The van der Waals surface area contributed by atoms with E-state index in [-0.39, 0.29) is 5.69 Å². The molecule has 0 aliphatic carbocycles. The first kappa shape index (κ1) is 19.9. The van der Waals surface area contributed by atoms with E-state index in [4.69, 9.17) is 5.73 Å². The van der Waals surface area contributed by atoms with Gasteiger partial charge in [-0.3, -0.25) is 0 Å². The number of aromatic nitrogens is 4. The highest BCUT2D eigenvalue weighted by molar-refractivity contribution is 5.98. The molecule has 32 heavy (non-hydrogen) atoms. The number of benzene rings is 2. The van der Waals surface area contributed by atoms with Crippen molar-refractivity contribution in [3.8, 4) is 23.0 Å². The summed E-state index contributed by atoms with van der Waals surface area (Å²) in [5.41, 5.74) is 11.5. The molecule has 0 saturated carbocycles. The largest absolute Gasteiger partial charge is 0.358 e. The van der Waals surface area contributed by atoms with Gasteiger partial charge in [-0.15, -0.1) is 0 Å². The standard InChI is InChI=1S/C25H24N6O/c1-15-24(17-9-3-5-11-19(17)28-15)31-21(14-27)23(30-25(31)32)22-16-8-2-4-10-18(16)29-20(22)12-6-7-13-26/h2-5,8-11,28-29H,6-7,12-13,26H2,1H3,(H,30,32). The van der Waals surface area contributed by atoms with Crippen LogP contribution in [-0.4, -0.2) is 26.1 Å². The van der Waals surface area contributed by atoms with Crippen LogP contribution in [0.25, 0.3) is 38.8 Å². The fraction of sp³-hybridized carbons (Fsp3) is 0.200. The van der Waals surface area contributed by atoms with E-state index < -0.39 is 0 Å². The fourth-order valence-electron chi connectivity index (χ4n) is 4.60. The lowest BCUT2D eigenvalue weighted by molar-refractivity contribution is 0.737. The zero-order valence-electron chi connectivity index (χ0n) is 17.8.